The van der Waals surface area contributed by atoms with Gasteiger partial charge in [-0.25, -0.2) is 9.18 Å². The summed E-state index contributed by atoms with van der Waals surface area (Å²) in [6, 6.07) is 14.0. The molecule has 2 rings (SSSR count). The van der Waals surface area contributed by atoms with Crippen LogP contribution in [0.15, 0.2) is 54.3 Å². The van der Waals surface area contributed by atoms with E-state index in [9.17, 15) is 9.18 Å². The van der Waals surface area contributed by atoms with E-state index in [0.29, 0.717) is 12.2 Å². The fraction of sp³-hybridized carbons (Fsp3) is 0.250. The number of rotatable bonds is 8. The minimum atomic E-state index is -0.575. The third-order valence-corrected chi connectivity index (χ3v) is 3.27. The smallest absolute Gasteiger partial charge is 0.373 e. The molecule has 25 heavy (non-hydrogen) atoms. The molecule has 0 atom stereocenters. The van der Waals surface area contributed by atoms with Gasteiger partial charge in [-0.15, -0.1) is 0 Å². The van der Waals surface area contributed by atoms with Crippen LogP contribution in [0.1, 0.15) is 25.0 Å². The van der Waals surface area contributed by atoms with Crippen LogP contribution in [-0.2, 0) is 20.9 Å². The van der Waals surface area contributed by atoms with Crippen molar-refractivity contribution < 1.29 is 23.4 Å². The highest BCUT2D eigenvalue weighted by Crippen LogP contribution is 2.21. The van der Waals surface area contributed by atoms with Gasteiger partial charge < -0.3 is 14.2 Å². The number of hydrogen-bond donors (Lipinski definition) is 0. The Balaban J connectivity index is 2.11. The monoisotopic (exact) mass is 344 g/mol. The molecule has 0 aromatic heterocycles. The van der Waals surface area contributed by atoms with Crippen LogP contribution in [0.25, 0.3) is 6.08 Å². The molecule has 0 radical (unpaired) electrons. The molecule has 0 saturated heterocycles. The Morgan fingerprint density at radius 2 is 1.76 bits per heavy atom. The summed E-state index contributed by atoms with van der Waals surface area (Å²) in [7, 11) is 0. The molecular formula is C20H21FO4. The lowest BCUT2D eigenvalue weighted by Gasteiger charge is -2.09. The van der Waals surface area contributed by atoms with Crippen LogP contribution in [0, 0.1) is 5.82 Å². The molecule has 0 aliphatic rings. The Bertz CT molecular complexity index is 726. The second-order valence-electron chi connectivity index (χ2n) is 5.13. The number of esters is 1. The van der Waals surface area contributed by atoms with E-state index in [0.717, 1.165) is 5.56 Å². The average Bonchev–Trinajstić information content (AvgIpc) is 2.62. The maximum Gasteiger partial charge on any atom is 0.373 e. The van der Waals surface area contributed by atoms with Crippen molar-refractivity contribution in [3.63, 3.8) is 0 Å². The molecule has 0 N–H and O–H groups in total. The van der Waals surface area contributed by atoms with Gasteiger partial charge in [0.15, 0.2) is 11.6 Å². The summed E-state index contributed by atoms with van der Waals surface area (Å²) in [5, 5.41) is 0. The Labute approximate surface area is 146 Å². The minimum Gasteiger partial charge on any atom is -0.487 e. The first-order valence-electron chi connectivity index (χ1n) is 8.12. The Morgan fingerprint density at radius 3 is 2.40 bits per heavy atom. The van der Waals surface area contributed by atoms with Crippen LogP contribution in [0.4, 0.5) is 4.39 Å². The van der Waals surface area contributed by atoms with Gasteiger partial charge in [0.25, 0.3) is 0 Å². The molecule has 2 aromatic carbocycles. The summed E-state index contributed by atoms with van der Waals surface area (Å²) in [4.78, 5) is 11.8. The van der Waals surface area contributed by atoms with Crippen LogP contribution in [0.5, 0.6) is 5.75 Å². The zero-order chi connectivity index (χ0) is 18.1. The number of benzene rings is 2. The SMILES string of the molecule is CCOC(=O)/C(=C/c1ccc(OCc2ccccc2)c(F)c1)OCC. The molecule has 4 nitrogen and oxygen atoms in total. The van der Waals surface area contributed by atoms with Crippen molar-refractivity contribution >= 4 is 12.0 Å². The van der Waals surface area contributed by atoms with Crippen LogP contribution in [0.2, 0.25) is 0 Å². The normalized spacial score (nSPS) is 11.1. The molecule has 0 unspecified atom stereocenters. The van der Waals surface area contributed by atoms with Gasteiger partial charge in [0, 0.05) is 0 Å². The van der Waals surface area contributed by atoms with Crippen LogP contribution in [-0.4, -0.2) is 19.2 Å². The second kappa shape index (κ2) is 9.47. The van der Waals surface area contributed by atoms with Gasteiger partial charge in [0.05, 0.1) is 13.2 Å². The van der Waals surface area contributed by atoms with Crippen LogP contribution >= 0.6 is 0 Å². The molecule has 0 aliphatic heterocycles. The van der Waals surface area contributed by atoms with Gasteiger partial charge >= 0.3 is 5.97 Å². The van der Waals surface area contributed by atoms with E-state index in [1.165, 1.54) is 18.2 Å². The van der Waals surface area contributed by atoms with Gasteiger partial charge in [0.2, 0.25) is 5.76 Å². The van der Waals surface area contributed by atoms with Gasteiger partial charge in [0.1, 0.15) is 6.61 Å². The molecule has 2 aromatic rings. The van der Waals surface area contributed by atoms with E-state index >= 15 is 0 Å². The summed E-state index contributed by atoms with van der Waals surface area (Å²) in [5.74, 6) is -0.893. The molecule has 0 fully saturated rings. The zero-order valence-corrected chi connectivity index (χ0v) is 14.3. The van der Waals surface area contributed by atoms with Gasteiger partial charge in [-0.2, -0.15) is 0 Å². The average molecular weight is 344 g/mol. The van der Waals surface area contributed by atoms with E-state index in [2.05, 4.69) is 0 Å². The quantitative estimate of drug-likeness (QED) is 0.406. The molecule has 0 heterocycles. The van der Waals surface area contributed by atoms with Crippen molar-refractivity contribution in [1.82, 2.24) is 0 Å². The molecule has 0 bridgehead atoms. The maximum atomic E-state index is 14.2. The number of hydrogen-bond acceptors (Lipinski definition) is 4. The molecule has 0 spiro atoms. The van der Waals surface area contributed by atoms with E-state index in [4.69, 9.17) is 14.2 Å². The molecule has 132 valence electrons. The van der Waals surface area contributed by atoms with Crippen molar-refractivity contribution in [2.75, 3.05) is 13.2 Å². The predicted octanol–water partition coefficient (Wildman–Crippen LogP) is 4.35. The lowest BCUT2D eigenvalue weighted by molar-refractivity contribution is -0.142. The minimum absolute atomic E-state index is 0.0432. The number of carbonyl (C=O) groups excluding carboxylic acids is 1. The number of carbonyl (C=O) groups is 1. The Hall–Kier alpha value is -2.82. The Morgan fingerprint density at radius 1 is 1.04 bits per heavy atom. The first kappa shape index (κ1) is 18.5. The largest absolute Gasteiger partial charge is 0.487 e. The van der Waals surface area contributed by atoms with Crippen molar-refractivity contribution in [2.24, 2.45) is 0 Å². The fourth-order valence-electron chi connectivity index (χ4n) is 2.13. The summed E-state index contributed by atoms with van der Waals surface area (Å²) >= 11 is 0. The van der Waals surface area contributed by atoms with E-state index in [-0.39, 0.29) is 24.7 Å². The summed E-state index contributed by atoms with van der Waals surface area (Å²) in [6.07, 6.45) is 1.45. The van der Waals surface area contributed by atoms with E-state index < -0.39 is 11.8 Å². The van der Waals surface area contributed by atoms with E-state index in [1.54, 1.807) is 19.9 Å². The summed E-state index contributed by atoms with van der Waals surface area (Å²) < 4.78 is 29.9. The molecule has 0 saturated carbocycles. The highest BCUT2D eigenvalue weighted by atomic mass is 19.1. The van der Waals surface area contributed by atoms with Crippen molar-refractivity contribution in [2.45, 2.75) is 20.5 Å². The number of ether oxygens (including phenoxy) is 3. The first-order valence-corrected chi connectivity index (χ1v) is 8.12. The number of halogens is 1. The van der Waals surface area contributed by atoms with E-state index in [1.807, 2.05) is 30.3 Å². The highest BCUT2D eigenvalue weighted by molar-refractivity contribution is 5.91. The van der Waals surface area contributed by atoms with Gasteiger partial charge in [-0.05, 0) is 43.2 Å². The Kier molecular flexibility index (Phi) is 7.01. The molecule has 0 aliphatic carbocycles. The summed E-state index contributed by atoms with van der Waals surface area (Å²) in [6.45, 7) is 4.30. The standard InChI is InChI=1S/C20H21FO4/c1-3-23-19(20(22)24-4-2)13-16-10-11-18(17(21)12-16)25-14-15-8-6-5-7-9-15/h5-13H,3-4,14H2,1-2H3/b19-13-. The highest BCUT2D eigenvalue weighted by Gasteiger charge is 2.13. The fourth-order valence-corrected chi connectivity index (χ4v) is 2.13. The third kappa shape index (κ3) is 5.64. The molecular weight excluding hydrogens is 323 g/mol. The third-order valence-electron chi connectivity index (χ3n) is 3.27. The predicted molar refractivity (Wildman–Crippen MR) is 93.4 cm³/mol. The zero-order valence-electron chi connectivity index (χ0n) is 14.3. The first-order chi connectivity index (χ1) is 12.1. The molecule has 5 heteroatoms. The van der Waals surface area contributed by atoms with Crippen molar-refractivity contribution in [1.29, 1.82) is 0 Å². The van der Waals surface area contributed by atoms with Crippen molar-refractivity contribution in [3.05, 3.63) is 71.2 Å². The van der Waals surface area contributed by atoms with Crippen LogP contribution in [0.3, 0.4) is 0 Å². The lowest BCUT2D eigenvalue weighted by Crippen LogP contribution is -2.10. The second-order valence-corrected chi connectivity index (χ2v) is 5.13. The van der Waals surface area contributed by atoms with Gasteiger partial charge in [-0.1, -0.05) is 36.4 Å². The van der Waals surface area contributed by atoms with Gasteiger partial charge in [-0.3, -0.25) is 0 Å². The topological polar surface area (TPSA) is 44.8 Å². The summed E-state index contributed by atoms with van der Waals surface area (Å²) in [5.41, 5.74) is 1.44. The maximum absolute atomic E-state index is 14.2. The molecule has 0 amide bonds. The van der Waals surface area contributed by atoms with Crippen molar-refractivity contribution in [3.8, 4) is 5.75 Å². The lowest BCUT2D eigenvalue weighted by atomic mass is 10.2. The van der Waals surface area contributed by atoms with Crippen LogP contribution < -0.4 is 4.74 Å².